The summed E-state index contributed by atoms with van der Waals surface area (Å²) in [6.07, 6.45) is 3.28. The summed E-state index contributed by atoms with van der Waals surface area (Å²) in [6, 6.07) is 0. The molecular formula is C14H25NO4. The lowest BCUT2D eigenvalue weighted by molar-refractivity contribution is -0.573. The summed E-state index contributed by atoms with van der Waals surface area (Å²) in [4.78, 5) is 23.1. The molecule has 0 unspecified atom stereocenters. The number of ketones is 1. The molecule has 0 aromatic heterocycles. The van der Waals surface area contributed by atoms with Crippen molar-refractivity contribution in [2.24, 2.45) is 5.92 Å². The Hall–Kier alpha value is -0.970. The Balaban J connectivity index is 2.98. The third-order valence-corrected chi connectivity index (χ3v) is 4.40. The van der Waals surface area contributed by atoms with Gasteiger partial charge in [-0.15, -0.1) is 0 Å². The van der Waals surface area contributed by atoms with E-state index in [0.29, 0.717) is 32.1 Å². The van der Waals surface area contributed by atoms with Gasteiger partial charge in [0, 0.05) is 31.1 Å². The molecule has 0 saturated heterocycles. The SMILES string of the molecule is CCCC(=O)[C@@H]1C[C@](C)([N+](=O)[O-])CC[C@@]1(O)CCC. The lowest BCUT2D eigenvalue weighted by Crippen LogP contribution is -2.54. The Kier molecular flexibility index (Phi) is 5.07. The van der Waals surface area contributed by atoms with Crippen molar-refractivity contribution in [2.75, 3.05) is 0 Å². The van der Waals surface area contributed by atoms with Gasteiger partial charge in [-0.05, 0) is 19.3 Å². The number of nitro groups is 1. The van der Waals surface area contributed by atoms with Crippen molar-refractivity contribution in [2.45, 2.75) is 76.9 Å². The molecule has 0 radical (unpaired) electrons. The molecule has 0 bridgehead atoms. The molecule has 0 aromatic rings. The van der Waals surface area contributed by atoms with Crippen molar-refractivity contribution in [1.29, 1.82) is 0 Å². The van der Waals surface area contributed by atoms with E-state index in [0.717, 1.165) is 6.42 Å². The molecular weight excluding hydrogens is 246 g/mol. The number of carbonyl (C=O) groups is 1. The van der Waals surface area contributed by atoms with Gasteiger partial charge in [0.1, 0.15) is 5.78 Å². The van der Waals surface area contributed by atoms with E-state index >= 15 is 0 Å². The summed E-state index contributed by atoms with van der Waals surface area (Å²) in [5, 5.41) is 21.9. The highest BCUT2D eigenvalue weighted by Crippen LogP contribution is 2.44. The van der Waals surface area contributed by atoms with Crippen LogP contribution in [0.2, 0.25) is 0 Å². The Morgan fingerprint density at radius 3 is 2.47 bits per heavy atom. The second-order valence-electron chi connectivity index (χ2n) is 6.08. The highest BCUT2D eigenvalue weighted by molar-refractivity contribution is 5.82. The molecule has 1 N–H and O–H groups in total. The Bertz CT molecular complexity index is 357. The monoisotopic (exact) mass is 271 g/mol. The van der Waals surface area contributed by atoms with E-state index < -0.39 is 17.1 Å². The fourth-order valence-electron chi connectivity index (χ4n) is 3.12. The zero-order valence-electron chi connectivity index (χ0n) is 12.1. The largest absolute Gasteiger partial charge is 0.389 e. The van der Waals surface area contributed by atoms with Crippen LogP contribution in [-0.2, 0) is 4.79 Å². The second-order valence-corrected chi connectivity index (χ2v) is 6.08. The zero-order valence-corrected chi connectivity index (χ0v) is 12.1. The Labute approximate surface area is 114 Å². The van der Waals surface area contributed by atoms with Gasteiger partial charge in [-0.25, -0.2) is 0 Å². The Morgan fingerprint density at radius 2 is 2.00 bits per heavy atom. The van der Waals surface area contributed by atoms with Crippen LogP contribution in [0.5, 0.6) is 0 Å². The molecule has 1 fully saturated rings. The van der Waals surface area contributed by atoms with Gasteiger partial charge < -0.3 is 5.11 Å². The fraction of sp³-hybridized carbons (Fsp3) is 0.929. The van der Waals surface area contributed by atoms with E-state index in [2.05, 4.69) is 0 Å². The minimum Gasteiger partial charge on any atom is -0.389 e. The van der Waals surface area contributed by atoms with Crippen LogP contribution in [-0.4, -0.2) is 27.0 Å². The number of hydrogen-bond acceptors (Lipinski definition) is 4. The van der Waals surface area contributed by atoms with Crippen molar-refractivity contribution in [3.8, 4) is 0 Å². The van der Waals surface area contributed by atoms with Crippen LogP contribution in [0.3, 0.4) is 0 Å². The summed E-state index contributed by atoms with van der Waals surface area (Å²) in [5.41, 5.74) is -2.12. The molecule has 1 saturated carbocycles. The normalized spacial score (nSPS) is 35.1. The van der Waals surface area contributed by atoms with Gasteiger partial charge >= 0.3 is 0 Å². The van der Waals surface area contributed by atoms with Gasteiger partial charge in [0.15, 0.2) is 0 Å². The zero-order chi connectivity index (χ0) is 14.7. The number of nitrogens with zero attached hydrogens (tertiary/aromatic N) is 1. The van der Waals surface area contributed by atoms with E-state index in [-0.39, 0.29) is 17.1 Å². The van der Waals surface area contributed by atoms with Gasteiger partial charge in [0.2, 0.25) is 5.54 Å². The predicted octanol–water partition coefficient (Wildman–Crippen LogP) is 2.72. The molecule has 110 valence electrons. The van der Waals surface area contributed by atoms with Crippen molar-refractivity contribution in [1.82, 2.24) is 0 Å². The second kappa shape index (κ2) is 5.99. The topological polar surface area (TPSA) is 80.4 Å². The van der Waals surface area contributed by atoms with Crippen molar-refractivity contribution in [3.63, 3.8) is 0 Å². The molecule has 1 aliphatic rings. The molecule has 19 heavy (non-hydrogen) atoms. The minimum absolute atomic E-state index is 0.0220. The first-order valence-electron chi connectivity index (χ1n) is 7.18. The van der Waals surface area contributed by atoms with Crippen molar-refractivity contribution >= 4 is 5.78 Å². The van der Waals surface area contributed by atoms with Crippen LogP contribution in [0.4, 0.5) is 0 Å². The number of hydrogen-bond donors (Lipinski definition) is 1. The maximum Gasteiger partial charge on any atom is 0.220 e. The van der Waals surface area contributed by atoms with Crippen LogP contribution in [0.25, 0.3) is 0 Å². The third kappa shape index (κ3) is 3.32. The summed E-state index contributed by atoms with van der Waals surface area (Å²) in [6.45, 7) is 5.46. The van der Waals surface area contributed by atoms with Crippen molar-refractivity contribution < 1.29 is 14.8 Å². The number of rotatable bonds is 6. The Morgan fingerprint density at radius 1 is 1.37 bits per heavy atom. The summed E-state index contributed by atoms with van der Waals surface area (Å²) in [7, 11) is 0. The molecule has 0 heterocycles. The summed E-state index contributed by atoms with van der Waals surface area (Å²) in [5.74, 6) is -0.609. The molecule has 5 heteroatoms. The molecule has 0 amide bonds. The van der Waals surface area contributed by atoms with Gasteiger partial charge in [-0.2, -0.15) is 0 Å². The molecule has 1 rings (SSSR count). The van der Waals surface area contributed by atoms with Crippen molar-refractivity contribution in [3.05, 3.63) is 10.1 Å². The quantitative estimate of drug-likeness (QED) is 0.595. The molecule has 5 nitrogen and oxygen atoms in total. The number of carbonyl (C=O) groups excluding carboxylic acids is 1. The van der Waals surface area contributed by atoms with Crippen LogP contribution in [0.1, 0.15) is 65.7 Å². The molecule has 0 aromatic carbocycles. The fourth-order valence-corrected chi connectivity index (χ4v) is 3.12. The first kappa shape index (κ1) is 16.1. The first-order valence-corrected chi connectivity index (χ1v) is 7.18. The van der Waals surface area contributed by atoms with Crippen LogP contribution < -0.4 is 0 Å². The van der Waals surface area contributed by atoms with Gasteiger partial charge in [-0.1, -0.05) is 20.3 Å². The average molecular weight is 271 g/mol. The standard InChI is InChI=1S/C14H25NO4/c1-4-6-12(16)11-10-13(3,15(18)19)8-9-14(11,17)7-5-2/h11,17H,4-10H2,1-3H3/t11-,13+,14-/m0/s1. The van der Waals surface area contributed by atoms with Gasteiger partial charge in [-0.3, -0.25) is 14.9 Å². The minimum atomic E-state index is -1.08. The predicted molar refractivity (Wildman–Crippen MR) is 72.5 cm³/mol. The summed E-state index contributed by atoms with van der Waals surface area (Å²) >= 11 is 0. The third-order valence-electron chi connectivity index (χ3n) is 4.40. The van der Waals surface area contributed by atoms with Crippen LogP contribution in [0.15, 0.2) is 0 Å². The lowest BCUT2D eigenvalue weighted by atomic mass is 9.64. The average Bonchev–Trinajstić information content (AvgIpc) is 2.33. The van der Waals surface area contributed by atoms with Gasteiger partial charge in [0.05, 0.1) is 11.5 Å². The van der Waals surface area contributed by atoms with E-state index in [1.165, 1.54) is 0 Å². The number of aliphatic hydroxyl groups is 1. The highest BCUT2D eigenvalue weighted by Gasteiger charge is 2.54. The summed E-state index contributed by atoms with van der Waals surface area (Å²) < 4.78 is 0. The van der Waals surface area contributed by atoms with Gasteiger partial charge in [0.25, 0.3) is 0 Å². The van der Waals surface area contributed by atoms with E-state index in [4.69, 9.17) is 0 Å². The molecule has 1 aliphatic carbocycles. The first-order chi connectivity index (χ1) is 8.79. The molecule has 3 atom stereocenters. The highest BCUT2D eigenvalue weighted by atomic mass is 16.6. The molecule has 0 aliphatic heterocycles. The van der Waals surface area contributed by atoms with Crippen LogP contribution >= 0.6 is 0 Å². The maximum absolute atomic E-state index is 12.2. The maximum atomic E-state index is 12.2. The van der Waals surface area contributed by atoms with E-state index in [1.54, 1.807) is 6.92 Å². The smallest absolute Gasteiger partial charge is 0.220 e. The molecule has 0 spiro atoms. The van der Waals surface area contributed by atoms with E-state index in [1.807, 2.05) is 13.8 Å². The van der Waals surface area contributed by atoms with Crippen LogP contribution in [0, 0.1) is 16.0 Å². The van der Waals surface area contributed by atoms with E-state index in [9.17, 15) is 20.0 Å². The number of Topliss-reactive ketones (excluding diaryl/α,β-unsaturated/α-hetero) is 1. The lowest BCUT2D eigenvalue weighted by Gasteiger charge is -2.43.